The third-order valence-electron chi connectivity index (χ3n) is 3.90. The largest absolute Gasteiger partial charge is 0.490 e. The first kappa shape index (κ1) is 19.2. The maximum atomic E-state index is 12.3. The maximum absolute atomic E-state index is 12.3. The van der Waals surface area contributed by atoms with Crippen molar-refractivity contribution < 1.29 is 14.3 Å². The number of benzene rings is 2. The van der Waals surface area contributed by atoms with E-state index in [0.29, 0.717) is 29.0 Å². The third-order valence-corrected chi connectivity index (χ3v) is 5.45. The number of thioether (sulfide) groups is 1. The monoisotopic (exact) mass is 411 g/mol. The van der Waals surface area contributed by atoms with E-state index in [1.54, 1.807) is 12.1 Å². The second kappa shape index (κ2) is 8.89. The standard InChI is InChI=1S/C19H19Cl2NO3S/c1-12(15-5-3-13(20)9-16(15)21)22-19(23)11-26-14-4-6-17-18(10-14)25-8-2-7-24-17/h3-6,9-10,12H,2,7-8,11H2,1H3,(H,22,23). The molecule has 7 heteroatoms. The molecular formula is C19H19Cl2NO3S. The second-order valence-electron chi connectivity index (χ2n) is 5.90. The molecule has 1 N–H and O–H groups in total. The van der Waals surface area contributed by atoms with Crippen molar-refractivity contribution in [3.8, 4) is 11.5 Å². The van der Waals surface area contributed by atoms with Crippen molar-refractivity contribution in [2.24, 2.45) is 0 Å². The predicted octanol–water partition coefficient (Wildman–Crippen LogP) is 5.12. The lowest BCUT2D eigenvalue weighted by Gasteiger charge is -2.16. The lowest BCUT2D eigenvalue weighted by atomic mass is 10.1. The number of amides is 1. The summed E-state index contributed by atoms with van der Waals surface area (Å²) in [6, 6.07) is 10.8. The Morgan fingerprint density at radius 3 is 2.69 bits per heavy atom. The molecule has 1 heterocycles. The van der Waals surface area contributed by atoms with Crippen LogP contribution in [-0.2, 0) is 4.79 Å². The van der Waals surface area contributed by atoms with Gasteiger partial charge >= 0.3 is 0 Å². The van der Waals surface area contributed by atoms with E-state index >= 15 is 0 Å². The Morgan fingerprint density at radius 1 is 1.15 bits per heavy atom. The van der Waals surface area contributed by atoms with E-state index in [1.807, 2.05) is 31.2 Å². The van der Waals surface area contributed by atoms with Gasteiger partial charge in [-0.1, -0.05) is 29.3 Å². The molecule has 2 aromatic carbocycles. The van der Waals surface area contributed by atoms with Crippen molar-refractivity contribution in [2.75, 3.05) is 19.0 Å². The van der Waals surface area contributed by atoms with E-state index < -0.39 is 0 Å². The molecule has 3 rings (SSSR count). The van der Waals surface area contributed by atoms with Crippen LogP contribution in [0, 0.1) is 0 Å². The molecular weight excluding hydrogens is 393 g/mol. The maximum Gasteiger partial charge on any atom is 0.230 e. The minimum Gasteiger partial charge on any atom is -0.490 e. The third kappa shape index (κ3) is 5.00. The number of hydrogen-bond donors (Lipinski definition) is 1. The smallest absolute Gasteiger partial charge is 0.230 e. The SMILES string of the molecule is CC(NC(=O)CSc1ccc2c(c1)OCCCO2)c1ccc(Cl)cc1Cl. The fraction of sp³-hybridized carbons (Fsp3) is 0.316. The molecule has 0 aromatic heterocycles. The minimum atomic E-state index is -0.198. The van der Waals surface area contributed by atoms with Crippen molar-refractivity contribution in [1.82, 2.24) is 5.32 Å². The Morgan fingerprint density at radius 2 is 1.92 bits per heavy atom. The Kier molecular flexibility index (Phi) is 6.57. The highest BCUT2D eigenvalue weighted by molar-refractivity contribution is 8.00. The molecule has 0 aliphatic carbocycles. The van der Waals surface area contributed by atoms with Crippen molar-refractivity contribution in [3.05, 3.63) is 52.0 Å². The first-order valence-electron chi connectivity index (χ1n) is 8.29. The number of nitrogens with one attached hydrogen (secondary N) is 1. The van der Waals surface area contributed by atoms with Crippen LogP contribution in [0.1, 0.15) is 24.9 Å². The van der Waals surface area contributed by atoms with Gasteiger partial charge in [-0.05, 0) is 42.8 Å². The van der Waals surface area contributed by atoms with Gasteiger partial charge in [-0.25, -0.2) is 0 Å². The first-order chi connectivity index (χ1) is 12.5. The summed E-state index contributed by atoms with van der Waals surface area (Å²) in [4.78, 5) is 13.2. The molecule has 0 bridgehead atoms. The number of carbonyl (C=O) groups excluding carboxylic acids is 1. The van der Waals surface area contributed by atoms with Gasteiger partial charge in [-0.3, -0.25) is 4.79 Å². The lowest BCUT2D eigenvalue weighted by Crippen LogP contribution is -2.28. The van der Waals surface area contributed by atoms with Crippen LogP contribution in [0.4, 0.5) is 0 Å². The van der Waals surface area contributed by atoms with E-state index in [1.165, 1.54) is 11.8 Å². The van der Waals surface area contributed by atoms with Gasteiger partial charge in [-0.2, -0.15) is 0 Å². The summed E-state index contributed by atoms with van der Waals surface area (Å²) < 4.78 is 11.3. The zero-order valence-corrected chi connectivity index (χ0v) is 16.6. The van der Waals surface area contributed by atoms with Crippen LogP contribution in [0.3, 0.4) is 0 Å². The summed E-state index contributed by atoms with van der Waals surface area (Å²) in [5, 5.41) is 4.07. The Hall–Kier alpha value is -1.56. The molecule has 0 spiro atoms. The summed E-state index contributed by atoms with van der Waals surface area (Å²) in [7, 11) is 0. The Bertz CT molecular complexity index is 800. The quantitative estimate of drug-likeness (QED) is 0.693. The molecule has 2 aromatic rings. The predicted molar refractivity (Wildman–Crippen MR) is 106 cm³/mol. The van der Waals surface area contributed by atoms with Crippen LogP contribution >= 0.6 is 35.0 Å². The Balaban J connectivity index is 1.56. The number of hydrogen-bond acceptors (Lipinski definition) is 4. The molecule has 0 fully saturated rings. The normalized spacial score (nSPS) is 14.4. The molecule has 138 valence electrons. The first-order valence-corrected chi connectivity index (χ1v) is 10.0. The van der Waals surface area contributed by atoms with Crippen LogP contribution in [-0.4, -0.2) is 24.9 Å². The van der Waals surface area contributed by atoms with Crippen LogP contribution in [0.2, 0.25) is 10.0 Å². The molecule has 1 atom stereocenters. The summed E-state index contributed by atoms with van der Waals surface area (Å²) in [5.41, 5.74) is 0.838. The van der Waals surface area contributed by atoms with Gasteiger partial charge in [0.05, 0.1) is 25.0 Å². The zero-order chi connectivity index (χ0) is 18.5. The summed E-state index contributed by atoms with van der Waals surface area (Å²) >= 11 is 13.6. The molecule has 4 nitrogen and oxygen atoms in total. The molecule has 0 saturated carbocycles. The second-order valence-corrected chi connectivity index (χ2v) is 7.80. The van der Waals surface area contributed by atoms with E-state index in [4.69, 9.17) is 32.7 Å². The van der Waals surface area contributed by atoms with Gasteiger partial charge in [0, 0.05) is 21.4 Å². The average Bonchev–Trinajstić information content (AvgIpc) is 2.84. The number of ether oxygens (including phenoxy) is 2. The molecule has 0 radical (unpaired) electrons. The van der Waals surface area contributed by atoms with Crippen LogP contribution in [0.5, 0.6) is 11.5 Å². The molecule has 1 unspecified atom stereocenters. The summed E-state index contributed by atoms with van der Waals surface area (Å²) in [6.07, 6.45) is 0.866. The summed E-state index contributed by atoms with van der Waals surface area (Å²) in [6.45, 7) is 3.19. The number of halogens is 2. The van der Waals surface area contributed by atoms with Gasteiger partial charge in [0.2, 0.25) is 5.91 Å². The fourth-order valence-corrected chi connectivity index (χ4v) is 3.90. The van der Waals surface area contributed by atoms with Gasteiger partial charge in [0.1, 0.15) is 0 Å². The highest BCUT2D eigenvalue weighted by Gasteiger charge is 2.15. The number of carbonyl (C=O) groups is 1. The topological polar surface area (TPSA) is 47.6 Å². The van der Waals surface area contributed by atoms with Gasteiger partial charge < -0.3 is 14.8 Å². The Labute approximate surface area is 167 Å². The van der Waals surface area contributed by atoms with Crippen LogP contribution < -0.4 is 14.8 Å². The lowest BCUT2D eigenvalue weighted by molar-refractivity contribution is -0.119. The number of rotatable bonds is 5. The number of fused-ring (bicyclic) bond motifs is 1. The zero-order valence-electron chi connectivity index (χ0n) is 14.3. The van der Waals surface area contributed by atoms with Gasteiger partial charge in [0.15, 0.2) is 11.5 Å². The van der Waals surface area contributed by atoms with E-state index in [-0.39, 0.29) is 11.9 Å². The molecule has 0 saturated heterocycles. The van der Waals surface area contributed by atoms with Gasteiger partial charge in [-0.15, -0.1) is 11.8 Å². The van der Waals surface area contributed by atoms with Crippen LogP contribution in [0.15, 0.2) is 41.3 Å². The van der Waals surface area contributed by atoms with E-state index in [9.17, 15) is 4.79 Å². The highest BCUT2D eigenvalue weighted by Crippen LogP contribution is 2.34. The van der Waals surface area contributed by atoms with Crippen LogP contribution in [0.25, 0.3) is 0 Å². The van der Waals surface area contributed by atoms with E-state index in [2.05, 4.69) is 5.32 Å². The fourth-order valence-electron chi connectivity index (χ4n) is 2.60. The van der Waals surface area contributed by atoms with Crippen molar-refractivity contribution in [2.45, 2.75) is 24.3 Å². The van der Waals surface area contributed by atoms with Crippen molar-refractivity contribution in [1.29, 1.82) is 0 Å². The minimum absolute atomic E-state index is 0.0689. The molecule has 1 amide bonds. The van der Waals surface area contributed by atoms with Crippen molar-refractivity contribution in [3.63, 3.8) is 0 Å². The summed E-state index contributed by atoms with van der Waals surface area (Å²) in [5.74, 6) is 1.71. The average molecular weight is 412 g/mol. The highest BCUT2D eigenvalue weighted by atomic mass is 35.5. The van der Waals surface area contributed by atoms with Gasteiger partial charge in [0.25, 0.3) is 0 Å². The molecule has 26 heavy (non-hydrogen) atoms. The van der Waals surface area contributed by atoms with Crippen molar-refractivity contribution >= 4 is 40.9 Å². The molecule has 1 aliphatic rings. The van der Waals surface area contributed by atoms with E-state index in [0.717, 1.165) is 28.4 Å². The molecule has 1 aliphatic heterocycles.